The maximum atomic E-state index is 12.3. The fourth-order valence-electron chi connectivity index (χ4n) is 2.66. The summed E-state index contributed by atoms with van der Waals surface area (Å²) in [6.45, 7) is 4.02. The second kappa shape index (κ2) is 6.40. The summed E-state index contributed by atoms with van der Waals surface area (Å²) in [7, 11) is 0. The number of amides is 1. The van der Waals surface area contributed by atoms with Gasteiger partial charge in [0, 0.05) is 11.2 Å². The van der Waals surface area contributed by atoms with Gasteiger partial charge in [-0.3, -0.25) is 4.79 Å². The minimum absolute atomic E-state index is 0. The molecule has 0 aromatic heterocycles. The van der Waals surface area contributed by atoms with Crippen LogP contribution in [-0.2, 0) is 4.79 Å². The average molecular weight is 283 g/mol. The molecule has 0 aliphatic heterocycles. The molecular formula is C15H23ClN2O. The van der Waals surface area contributed by atoms with E-state index in [1.165, 1.54) is 5.56 Å². The Bertz CT molecular complexity index is 428. The molecular weight excluding hydrogens is 260 g/mol. The van der Waals surface area contributed by atoms with E-state index in [1.54, 1.807) is 0 Å². The second-order valence-corrected chi connectivity index (χ2v) is 5.66. The van der Waals surface area contributed by atoms with Crippen LogP contribution in [0.1, 0.15) is 38.2 Å². The predicted octanol–water partition coefficient (Wildman–Crippen LogP) is 3.26. The third kappa shape index (κ3) is 3.95. The smallest absolute Gasteiger partial charge is 0.229 e. The molecule has 1 amide bonds. The molecule has 106 valence electrons. The molecule has 3 nitrogen and oxygen atoms in total. The van der Waals surface area contributed by atoms with Crippen LogP contribution >= 0.6 is 12.4 Å². The standard InChI is InChI=1S/C15H22N2O.ClH/c1-11-6-8-12(9-7-11)17-14(18)13-5-3-4-10-15(13,2)16;/h6-9,13H,3-5,10,16H2,1-2H3,(H,17,18);1H. The Kier molecular flexibility index (Phi) is 5.39. The molecule has 1 saturated carbocycles. The van der Waals surface area contributed by atoms with E-state index in [0.717, 1.165) is 31.4 Å². The monoisotopic (exact) mass is 282 g/mol. The highest BCUT2D eigenvalue weighted by Crippen LogP contribution is 2.32. The number of aryl methyl sites for hydroxylation is 1. The van der Waals surface area contributed by atoms with Gasteiger partial charge >= 0.3 is 0 Å². The van der Waals surface area contributed by atoms with Gasteiger partial charge in [-0.2, -0.15) is 0 Å². The van der Waals surface area contributed by atoms with Gasteiger partial charge in [0.25, 0.3) is 0 Å². The molecule has 0 radical (unpaired) electrons. The van der Waals surface area contributed by atoms with Crippen LogP contribution in [0.4, 0.5) is 5.69 Å². The molecule has 19 heavy (non-hydrogen) atoms. The van der Waals surface area contributed by atoms with Crippen molar-refractivity contribution >= 4 is 24.0 Å². The molecule has 3 N–H and O–H groups in total. The largest absolute Gasteiger partial charge is 0.326 e. The van der Waals surface area contributed by atoms with Crippen molar-refractivity contribution in [1.29, 1.82) is 0 Å². The Morgan fingerprint density at radius 3 is 2.53 bits per heavy atom. The van der Waals surface area contributed by atoms with E-state index in [1.807, 2.05) is 38.1 Å². The van der Waals surface area contributed by atoms with Crippen LogP contribution in [-0.4, -0.2) is 11.4 Å². The van der Waals surface area contributed by atoms with E-state index >= 15 is 0 Å². The number of halogens is 1. The third-order valence-corrected chi connectivity index (χ3v) is 3.89. The highest BCUT2D eigenvalue weighted by atomic mass is 35.5. The number of hydrogen-bond acceptors (Lipinski definition) is 2. The van der Waals surface area contributed by atoms with Crippen LogP contribution < -0.4 is 11.1 Å². The van der Waals surface area contributed by atoms with Gasteiger partial charge in [-0.1, -0.05) is 30.5 Å². The Morgan fingerprint density at radius 2 is 1.95 bits per heavy atom. The summed E-state index contributed by atoms with van der Waals surface area (Å²) in [6.07, 6.45) is 4.05. The lowest BCUT2D eigenvalue weighted by atomic mass is 9.74. The number of anilines is 1. The number of carbonyl (C=O) groups is 1. The lowest BCUT2D eigenvalue weighted by Gasteiger charge is -2.37. The van der Waals surface area contributed by atoms with Gasteiger partial charge < -0.3 is 11.1 Å². The molecule has 2 atom stereocenters. The lowest BCUT2D eigenvalue weighted by molar-refractivity contribution is -0.122. The van der Waals surface area contributed by atoms with Crippen LogP contribution in [0.5, 0.6) is 0 Å². The van der Waals surface area contributed by atoms with Gasteiger partial charge in [0.15, 0.2) is 0 Å². The summed E-state index contributed by atoms with van der Waals surface area (Å²) >= 11 is 0. The maximum Gasteiger partial charge on any atom is 0.229 e. The van der Waals surface area contributed by atoms with Crippen molar-refractivity contribution < 1.29 is 4.79 Å². The van der Waals surface area contributed by atoms with Crippen molar-refractivity contribution in [3.05, 3.63) is 29.8 Å². The Morgan fingerprint density at radius 1 is 1.32 bits per heavy atom. The van der Waals surface area contributed by atoms with E-state index in [4.69, 9.17) is 5.73 Å². The van der Waals surface area contributed by atoms with Crippen molar-refractivity contribution in [1.82, 2.24) is 0 Å². The van der Waals surface area contributed by atoms with Gasteiger partial charge in [0.1, 0.15) is 0 Å². The zero-order valence-corrected chi connectivity index (χ0v) is 12.4. The summed E-state index contributed by atoms with van der Waals surface area (Å²) in [5.74, 6) is -0.0175. The molecule has 0 bridgehead atoms. The molecule has 1 aromatic rings. The quantitative estimate of drug-likeness (QED) is 0.875. The summed E-state index contributed by atoms with van der Waals surface area (Å²) in [5, 5.41) is 2.98. The van der Waals surface area contributed by atoms with E-state index in [9.17, 15) is 4.79 Å². The first-order valence-corrected chi connectivity index (χ1v) is 6.65. The molecule has 2 rings (SSSR count). The van der Waals surface area contributed by atoms with Crippen molar-refractivity contribution in [3.63, 3.8) is 0 Å². The first kappa shape index (κ1) is 16.0. The van der Waals surface area contributed by atoms with Gasteiger partial charge in [-0.15, -0.1) is 12.4 Å². The number of rotatable bonds is 2. The second-order valence-electron chi connectivity index (χ2n) is 5.66. The maximum absolute atomic E-state index is 12.3. The molecule has 0 saturated heterocycles. The molecule has 1 aromatic carbocycles. The zero-order chi connectivity index (χ0) is 13.2. The number of nitrogens with one attached hydrogen (secondary N) is 1. The predicted molar refractivity (Wildman–Crippen MR) is 81.6 cm³/mol. The zero-order valence-electron chi connectivity index (χ0n) is 11.6. The van der Waals surface area contributed by atoms with E-state index in [0.29, 0.717) is 0 Å². The van der Waals surface area contributed by atoms with E-state index in [2.05, 4.69) is 5.32 Å². The summed E-state index contributed by atoms with van der Waals surface area (Å²) in [4.78, 5) is 12.3. The molecule has 0 spiro atoms. The summed E-state index contributed by atoms with van der Waals surface area (Å²) < 4.78 is 0. The average Bonchev–Trinajstić information content (AvgIpc) is 2.31. The number of hydrogen-bond donors (Lipinski definition) is 2. The number of nitrogens with two attached hydrogens (primary N) is 1. The van der Waals surface area contributed by atoms with Gasteiger partial charge in [-0.05, 0) is 38.8 Å². The van der Waals surface area contributed by atoms with Crippen LogP contribution in [0.2, 0.25) is 0 Å². The Balaban J connectivity index is 0.00000180. The Hall–Kier alpha value is -1.06. The Labute approximate surface area is 121 Å². The summed E-state index contributed by atoms with van der Waals surface area (Å²) in [6, 6.07) is 7.87. The SMILES string of the molecule is Cc1ccc(NC(=O)C2CCCCC2(C)N)cc1.Cl. The molecule has 1 aliphatic carbocycles. The van der Waals surface area contributed by atoms with Crippen LogP contribution in [0.15, 0.2) is 24.3 Å². The number of carbonyl (C=O) groups excluding carboxylic acids is 1. The molecule has 4 heteroatoms. The number of benzene rings is 1. The minimum Gasteiger partial charge on any atom is -0.326 e. The lowest BCUT2D eigenvalue weighted by Crippen LogP contribution is -2.51. The first-order valence-electron chi connectivity index (χ1n) is 6.65. The van der Waals surface area contributed by atoms with Gasteiger partial charge in [0.05, 0.1) is 5.92 Å². The van der Waals surface area contributed by atoms with E-state index < -0.39 is 0 Å². The van der Waals surface area contributed by atoms with Crippen molar-refractivity contribution in [2.75, 3.05) is 5.32 Å². The highest BCUT2D eigenvalue weighted by molar-refractivity contribution is 5.93. The van der Waals surface area contributed by atoms with Gasteiger partial charge in [0.2, 0.25) is 5.91 Å². The summed E-state index contributed by atoms with van der Waals surface area (Å²) in [5.41, 5.74) is 7.91. The van der Waals surface area contributed by atoms with Crippen molar-refractivity contribution in [3.8, 4) is 0 Å². The van der Waals surface area contributed by atoms with Crippen molar-refractivity contribution in [2.45, 2.75) is 45.1 Å². The fourth-order valence-corrected chi connectivity index (χ4v) is 2.66. The molecule has 1 aliphatic rings. The topological polar surface area (TPSA) is 55.1 Å². The van der Waals surface area contributed by atoms with Gasteiger partial charge in [-0.25, -0.2) is 0 Å². The van der Waals surface area contributed by atoms with Crippen LogP contribution in [0, 0.1) is 12.8 Å². The normalized spacial score (nSPS) is 26.4. The molecule has 1 fully saturated rings. The van der Waals surface area contributed by atoms with Crippen LogP contribution in [0.3, 0.4) is 0 Å². The third-order valence-electron chi connectivity index (χ3n) is 3.89. The fraction of sp³-hybridized carbons (Fsp3) is 0.533. The molecule has 2 unspecified atom stereocenters. The highest BCUT2D eigenvalue weighted by Gasteiger charge is 2.37. The van der Waals surface area contributed by atoms with Crippen molar-refractivity contribution in [2.24, 2.45) is 11.7 Å². The van der Waals surface area contributed by atoms with E-state index in [-0.39, 0.29) is 29.8 Å². The van der Waals surface area contributed by atoms with Crippen LogP contribution in [0.25, 0.3) is 0 Å². The minimum atomic E-state index is -0.368. The first-order chi connectivity index (χ1) is 8.49. The molecule has 0 heterocycles.